The Morgan fingerprint density at radius 1 is 1.15 bits per heavy atom. The molecule has 2 atom stereocenters. The van der Waals surface area contributed by atoms with Crippen LogP contribution in [-0.2, 0) is 0 Å². The smallest absolute Gasteiger partial charge is 0.319 e. The van der Waals surface area contributed by atoms with Crippen LogP contribution in [0.4, 0.5) is 10.5 Å². The van der Waals surface area contributed by atoms with E-state index in [9.17, 15) is 9.90 Å². The van der Waals surface area contributed by atoms with Gasteiger partial charge >= 0.3 is 6.03 Å². The number of anilines is 1. The van der Waals surface area contributed by atoms with Crippen LogP contribution in [0.5, 0.6) is 11.5 Å². The number of aromatic nitrogens is 1. The molecule has 3 N–H and O–H groups in total. The summed E-state index contributed by atoms with van der Waals surface area (Å²) < 4.78 is 5.67. The highest BCUT2D eigenvalue weighted by molar-refractivity contribution is 5.89. The number of nitrogens with zero attached hydrogens (tertiary/aromatic N) is 1. The van der Waals surface area contributed by atoms with E-state index in [0.29, 0.717) is 35.6 Å². The number of ether oxygens (including phenoxy) is 1. The van der Waals surface area contributed by atoms with Gasteiger partial charge in [-0.25, -0.2) is 4.79 Å². The number of pyridine rings is 1. The second kappa shape index (κ2) is 9.20. The molecule has 1 aliphatic rings. The van der Waals surface area contributed by atoms with Gasteiger partial charge in [-0.05, 0) is 67.5 Å². The minimum atomic E-state index is -0.211. The van der Waals surface area contributed by atoms with Gasteiger partial charge in [0.15, 0.2) is 0 Å². The van der Waals surface area contributed by atoms with E-state index in [2.05, 4.69) is 15.6 Å². The van der Waals surface area contributed by atoms with Gasteiger partial charge in [0.25, 0.3) is 0 Å². The lowest BCUT2D eigenvalue weighted by molar-refractivity contribution is 0.160. The van der Waals surface area contributed by atoms with Crippen molar-refractivity contribution in [2.75, 3.05) is 18.5 Å². The molecule has 6 heteroatoms. The lowest BCUT2D eigenvalue weighted by atomic mass is 9.82. The summed E-state index contributed by atoms with van der Waals surface area (Å²) in [6.07, 6.45) is 7.64. The molecule has 1 fully saturated rings. The van der Waals surface area contributed by atoms with E-state index in [-0.39, 0.29) is 12.6 Å². The van der Waals surface area contributed by atoms with E-state index < -0.39 is 0 Å². The number of rotatable bonds is 6. The van der Waals surface area contributed by atoms with Crippen LogP contribution >= 0.6 is 0 Å². The number of carbonyl (C=O) groups excluding carboxylic acids is 1. The van der Waals surface area contributed by atoms with E-state index in [4.69, 9.17) is 4.74 Å². The van der Waals surface area contributed by atoms with Gasteiger partial charge in [-0.2, -0.15) is 0 Å². The van der Waals surface area contributed by atoms with Crippen LogP contribution < -0.4 is 15.4 Å². The van der Waals surface area contributed by atoms with E-state index in [1.165, 1.54) is 0 Å². The van der Waals surface area contributed by atoms with E-state index in [1.54, 1.807) is 36.7 Å². The van der Waals surface area contributed by atoms with Gasteiger partial charge in [-0.15, -0.1) is 0 Å². The van der Waals surface area contributed by atoms with Crippen molar-refractivity contribution in [2.45, 2.75) is 25.7 Å². The molecule has 2 amide bonds. The van der Waals surface area contributed by atoms with E-state index in [1.807, 2.05) is 12.1 Å². The first-order valence-electron chi connectivity index (χ1n) is 9.06. The summed E-state index contributed by atoms with van der Waals surface area (Å²) >= 11 is 0. The van der Waals surface area contributed by atoms with Crippen LogP contribution in [-0.4, -0.2) is 29.3 Å². The maximum Gasteiger partial charge on any atom is 0.319 e. The number of amides is 2. The molecule has 2 aromatic rings. The molecule has 0 unspecified atom stereocenters. The zero-order valence-electron chi connectivity index (χ0n) is 14.7. The molecule has 0 aliphatic heterocycles. The minimum absolute atomic E-state index is 0.211. The van der Waals surface area contributed by atoms with Gasteiger partial charge in [0.2, 0.25) is 0 Å². The summed E-state index contributed by atoms with van der Waals surface area (Å²) in [6, 6.07) is 10.6. The lowest BCUT2D eigenvalue weighted by Crippen LogP contribution is -2.35. The van der Waals surface area contributed by atoms with E-state index >= 15 is 0 Å². The third-order valence-corrected chi connectivity index (χ3v) is 4.68. The largest absolute Gasteiger partial charge is 0.456 e. The number of aliphatic hydroxyl groups excluding tert-OH is 1. The first kappa shape index (κ1) is 18.2. The third-order valence-electron chi connectivity index (χ3n) is 4.68. The molecule has 1 aliphatic carbocycles. The summed E-state index contributed by atoms with van der Waals surface area (Å²) in [6.45, 7) is 0.890. The second-order valence-electron chi connectivity index (χ2n) is 6.73. The van der Waals surface area contributed by atoms with Crippen LogP contribution in [0.3, 0.4) is 0 Å². The number of nitrogens with one attached hydrogen (secondary N) is 2. The van der Waals surface area contributed by atoms with Gasteiger partial charge in [0.1, 0.15) is 11.5 Å². The molecule has 3 rings (SSSR count). The molecule has 0 bridgehead atoms. The van der Waals surface area contributed by atoms with Crippen molar-refractivity contribution in [2.24, 2.45) is 11.8 Å². The van der Waals surface area contributed by atoms with Gasteiger partial charge in [0, 0.05) is 25.0 Å². The van der Waals surface area contributed by atoms with Gasteiger partial charge < -0.3 is 20.5 Å². The predicted octanol–water partition coefficient (Wildman–Crippen LogP) is 3.79. The molecule has 1 aromatic carbocycles. The molecule has 6 nitrogen and oxygen atoms in total. The molecule has 0 spiro atoms. The first-order valence-corrected chi connectivity index (χ1v) is 9.06. The fourth-order valence-corrected chi connectivity index (χ4v) is 3.32. The Hall–Kier alpha value is -2.60. The first-order chi connectivity index (χ1) is 12.7. The Morgan fingerprint density at radius 3 is 2.69 bits per heavy atom. The Labute approximate surface area is 153 Å². The van der Waals surface area contributed by atoms with Crippen molar-refractivity contribution < 1.29 is 14.6 Å². The van der Waals surface area contributed by atoms with Crippen LogP contribution in [0.25, 0.3) is 0 Å². The van der Waals surface area contributed by atoms with Gasteiger partial charge in [0.05, 0.1) is 6.20 Å². The molecule has 0 radical (unpaired) electrons. The molecule has 138 valence electrons. The Balaban J connectivity index is 1.44. The average molecular weight is 355 g/mol. The van der Waals surface area contributed by atoms with E-state index in [0.717, 1.165) is 25.7 Å². The highest BCUT2D eigenvalue weighted by Gasteiger charge is 2.21. The quantitative estimate of drug-likeness (QED) is 0.736. The van der Waals surface area contributed by atoms with Crippen LogP contribution in [0, 0.1) is 11.8 Å². The highest BCUT2D eigenvalue weighted by atomic mass is 16.5. The predicted molar refractivity (Wildman–Crippen MR) is 100 cm³/mol. The second-order valence-corrected chi connectivity index (χ2v) is 6.73. The monoisotopic (exact) mass is 355 g/mol. The molecule has 0 saturated heterocycles. The number of benzene rings is 1. The van der Waals surface area contributed by atoms with Gasteiger partial charge in [-0.3, -0.25) is 4.98 Å². The fraction of sp³-hybridized carbons (Fsp3) is 0.400. The van der Waals surface area contributed by atoms with Crippen LogP contribution in [0.15, 0.2) is 48.8 Å². The van der Waals surface area contributed by atoms with Crippen molar-refractivity contribution in [3.63, 3.8) is 0 Å². The molecule has 1 aromatic heterocycles. The summed E-state index contributed by atoms with van der Waals surface area (Å²) in [5.74, 6) is 2.17. The topological polar surface area (TPSA) is 83.5 Å². The maximum absolute atomic E-state index is 12.1. The van der Waals surface area contributed by atoms with Crippen molar-refractivity contribution in [1.82, 2.24) is 10.3 Å². The average Bonchev–Trinajstić information content (AvgIpc) is 2.69. The van der Waals surface area contributed by atoms with Gasteiger partial charge in [-0.1, -0.05) is 6.42 Å². The summed E-state index contributed by atoms with van der Waals surface area (Å²) in [5, 5.41) is 15.0. The zero-order valence-corrected chi connectivity index (χ0v) is 14.7. The normalized spacial score (nSPS) is 19.6. The number of carbonyl (C=O) groups is 1. The highest BCUT2D eigenvalue weighted by Crippen LogP contribution is 2.28. The van der Waals surface area contributed by atoms with Crippen LogP contribution in [0.1, 0.15) is 25.7 Å². The summed E-state index contributed by atoms with van der Waals surface area (Å²) in [7, 11) is 0. The number of hydrogen-bond donors (Lipinski definition) is 3. The Bertz CT molecular complexity index is 691. The van der Waals surface area contributed by atoms with Crippen LogP contribution in [0.2, 0.25) is 0 Å². The SMILES string of the molecule is O=C(NC[C@H]1CCC[C@@H](CO)C1)Nc1ccc(Oc2cccnc2)cc1. The minimum Gasteiger partial charge on any atom is -0.456 e. The zero-order chi connectivity index (χ0) is 18.2. The Kier molecular flexibility index (Phi) is 6.44. The lowest BCUT2D eigenvalue weighted by Gasteiger charge is -2.27. The Morgan fingerprint density at radius 2 is 1.96 bits per heavy atom. The van der Waals surface area contributed by atoms with Crippen molar-refractivity contribution >= 4 is 11.7 Å². The molecular formula is C20H25N3O3. The number of hydrogen-bond acceptors (Lipinski definition) is 4. The van der Waals surface area contributed by atoms with Crippen molar-refractivity contribution in [1.29, 1.82) is 0 Å². The maximum atomic E-state index is 12.1. The summed E-state index contributed by atoms with van der Waals surface area (Å²) in [4.78, 5) is 16.1. The molecule has 26 heavy (non-hydrogen) atoms. The molecular weight excluding hydrogens is 330 g/mol. The number of urea groups is 1. The molecule has 1 heterocycles. The fourth-order valence-electron chi connectivity index (χ4n) is 3.32. The number of aliphatic hydroxyl groups is 1. The third kappa shape index (κ3) is 5.46. The molecule has 1 saturated carbocycles. The van der Waals surface area contributed by atoms with Crippen molar-refractivity contribution in [3.05, 3.63) is 48.8 Å². The summed E-state index contributed by atoms with van der Waals surface area (Å²) in [5.41, 5.74) is 0.706. The van der Waals surface area contributed by atoms with Crippen molar-refractivity contribution in [3.8, 4) is 11.5 Å². The standard InChI is InChI=1S/C20H25N3O3/c24-14-16-4-1-3-15(11-16)12-22-20(25)23-17-6-8-18(9-7-17)26-19-5-2-10-21-13-19/h2,5-10,13,15-16,24H,1,3-4,11-12,14H2,(H2,22,23,25)/t15-,16+/m0/s1.